The Morgan fingerprint density at radius 1 is 1.07 bits per heavy atom. The molecule has 4 heteroatoms. The second-order valence-electron chi connectivity index (χ2n) is 3.46. The Morgan fingerprint density at radius 3 is 1.73 bits per heavy atom. The van der Waals surface area contributed by atoms with Gasteiger partial charge in [-0.05, 0) is 12.1 Å². The molecule has 0 radical (unpaired) electrons. The molecule has 0 bridgehead atoms. The first kappa shape index (κ1) is 11.4. The third-order valence-corrected chi connectivity index (χ3v) is 2.18. The molecule has 1 aromatic carbocycles. The van der Waals surface area contributed by atoms with Crippen LogP contribution in [-0.2, 0) is 0 Å². The number of benzene rings is 1. The first-order chi connectivity index (χ1) is 7.11. The highest BCUT2D eigenvalue weighted by atomic mass is 16.3. The molecule has 2 amide bonds. The quantitative estimate of drug-likeness (QED) is 0.700. The van der Waals surface area contributed by atoms with Crippen LogP contribution < -0.4 is 0 Å². The Balaban J connectivity index is 0.000000151. The van der Waals surface area contributed by atoms with E-state index in [2.05, 4.69) is 0 Å². The third kappa shape index (κ3) is 3.50. The van der Waals surface area contributed by atoms with E-state index in [0.717, 1.165) is 13.1 Å². The molecule has 2 rings (SSSR count). The van der Waals surface area contributed by atoms with Crippen LogP contribution in [0.5, 0.6) is 5.75 Å². The van der Waals surface area contributed by atoms with Gasteiger partial charge in [-0.25, -0.2) is 4.79 Å². The lowest BCUT2D eigenvalue weighted by Gasteiger charge is -2.07. The van der Waals surface area contributed by atoms with E-state index in [1.807, 2.05) is 20.2 Å². The van der Waals surface area contributed by atoms with Gasteiger partial charge in [-0.3, -0.25) is 0 Å². The molecule has 0 aliphatic carbocycles. The summed E-state index contributed by atoms with van der Waals surface area (Å²) in [5, 5.41) is 8.63. The van der Waals surface area contributed by atoms with Crippen molar-refractivity contribution in [2.75, 3.05) is 27.2 Å². The van der Waals surface area contributed by atoms with E-state index in [9.17, 15) is 4.79 Å². The lowest BCUT2D eigenvalue weighted by Crippen LogP contribution is -2.25. The number of amides is 2. The van der Waals surface area contributed by atoms with E-state index in [1.165, 1.54) is 0 Å². The van der Waals surface area contributed by atoms with Crippen LogP contribution in [0.15, 0.2) is 30.3 Å². The van der Waals surface area contributed by atoms with Gasteiger partial charge < -0.3 is 14.9 Å². The monoisotopic (exact) mass is 208 g/mol. The molecule has 1 N–H and O–H groups in total. The molecule has 1 aliphatic rings. The maximum atomic E-state index is 10.8. The average Bonchev–Trinajstić information content (AvgIpc) is 2.52. The van der Waals surface area contributed by atoms with E-state index < -0.39 is 0 Å². The smallest absolute Gasteiger partial charge is 0.319 e. The van der Waals surface area contributed by atoms with Gasteiger partial charge in [0.05, 0.1) is 0 Å². The first-order valence-corrected chi connectivity index (χ1v) is 4.81. The Labute approximate surface area is 89.7 Å². The number of hydrogen-bond acceptors (Lipinski definition) is 2. The highest BCUT2D eigenvalue weighted by Gasteiger charge is 2.20. The number of phenols is 1. The number of likely N-dealkylation sites (N-methyl/N-ethyl adjacent to an activating group) is 2. The van der Waals surface area contributed by atoms with Crippen LogP contribution >= 0.6 is 0 Å². The number of carbonyl (C=O) groups is 1. The zero-order chi connectivity index (χ0) is 11.3. The number of nitrogens with zero attached hydrogens (tertiary/aromatic N) is 2. The van der Waals surface area contributed by atoms with Gasteiger partial charge >= 0.3 is 6.03 Å². The van der Waals surface area contributed by atoms with Crippen molar-refractivity contribution in [3.05, 3.63) is 30.3 Å². The Kier molecular flexibility index (Phi) is 3.97. The third-order valence-electron chi connectivity index (χ3n) is 2.18. The van der Waals surface area contributed by atoms with Crippen molar-refractivity contribution in [2.45, 2.75) is 0 Å². The number of urea groups is 1. The molecule has 0 saturated carbocycles. The van der Waals surface area contributed by atoms with Crippen LogP contribution in [0.2, 0.25) is 0 Å². The molecule has 15 heavy (non-hydrogen) atoms. The number of phenolic OH excluding ortho intramolecular Hbond substituents is 1. The van der Waals surface area contributed by atoms with Crippen molar-refractivity contribution in [3.8, 4) is 5.75 Å². The Bertz CT molecular complexity index is 302. The fourth-order valence-electron chi connectivity index (χ4n) is 1.21. The van der Waals surface area contributed by atoms with E-state index in [4.69, 9.17) is 5.11 Å². The zero-order valence-corrected chi connectivity index (χ0v) is 9.05. The van der Waals surface area contributed by atoms with Gasteiger partial charge in [-0.1, -0.05) is 18.2 Å². The van der Waals surface area contributed by atoms with Gasteiger partial charge in [0.2, 0.25) is 0 Å². The Morgan fingerprint density at radius 2 is 1.53 bits per heavy atom. The van der Waals surface area contributed by atoms with Gasteiger partial charge in [-0.15, -0.1) is 0 Å². The Hall–Kier alpha value is -1.71. The molecule has 4 nitrogen and oxygen atoms in total. The standard InChI is InChI=1S/C6H6O.C5H10N2O/c7-6-4-2-1-3-5-6;1-6-3-4-7(2)5(6)8/h1-5,7H;3-4H2,1-2H3. The summed E-state index contributed by atoms with van der Waals surface area (Å²) < 4.78 is 0. The molecule has 0 spiro atoms. The molecule has 1 saturated heterocycles. The number of hydrogen-bond donors (Lipinski definition) is 1. The molecule has 1 aliphatic heterocycles. The number of carbonyl (C=O) groups excluding carboxylic acids is 1. The maximum absolute atomic E-state index is 10.8. The van der Waals surface area contributed by atoms with Crippen molar-refractivity contribution < 1.29 is 9.90 Å². The molecule has 0 aromatic heterocycles. The minimum Gasteiger partial charge on any atom is -0.508 e. The van der Waals surface area contributed by atoms with Gasteiger partial charge in [0.25, 0.3) is 0 Å². The van der Waals surface area contributed by atoms with Crippen molar-refractivity contribution >= 4 is 6.03 Å². The molecule has 1 heterocycles. The van der Waals surface area contributed by atoms with Crippen molar-refractivity contribution in [1.29, 1.82) is 0 Å². The van der Waals surface area contributed by atoms with Gasteiger partial charge in [0, 0.05) is 27.2 Å². The fraction of sp³-hybridized carbons (Fsp3) is 0.364. The van der Waals surface area contributed by atoms with E-state index >= 15 is 0 Å². The van der Waals surface area contributed by atoms with Crippen LogP contribution in [0.4, 0.5) is 4.79 Å². The van der Waals surface area contributed by atoms with Crippen molar-refractivity contribution in [3.63, 3.8) is 0 Å². The van der Waals surface area contributed by atoms with Gasteiger partial charge in [0.15, 0.2) is 0 Å². The predicted molar refractivity (Wildman–Crippen MR) is 58.8 cm³/mol. The number of aromatic hydroxyl groups is 1. The minimum absolute atomic E-state index is 0.130. The topological polar surface area (TPSA) is 43.8 Å². The molecule has 82 valence electrons. The molecule has 0 atom stereocenters. The van der Waals surface area contributed by atoms with Crippen LogP contribution in [0.3, 0.4) is 0 Å². The minimum atomic E-state index is 0.130. The van der Waals surface area contributed by atoms with E-state index in [-0.39, 0.29) is 6.03 Å². The highest BCUT2D eigenvalue weighted by Crippen LogP contribution is 2.02. The van der Waals surface area contributed by atoms with Crippen LogP contribution in [0.25, 0.3) is 0 Å². The highest BCUT2D eigenvalue weighted by molar-refractivity contribution is 5.75. The molecule has 1 aromatic rings. The fourth-order valence-corrected chi connectivity index (χ4v) is 1.21. The van der Waals surface area contributed by atoms with E-state index in [0.29, 0.717) is 5.75 Å². The second kappa shape index (κ2) is 5.24. The summed E-state index contributed by atoms with van der Waals surface area (Å²) in [6.45, 7) is 1.74. The lowest BCUT2D eigenvalue weighted by atomic mass is 10.3. The second-order valence-corrected chi connectivity index (χ2v) is 3.46. The van der Waals surface area contributed by atoms with Gasteiger partial charge in [-0.2, -0.15) is 0 Å². The molecule has 0 unspecified atom stereocenters. The molecule has 1 fully saturated rings. The summed E-state index contributed by atoms with van der Waals surface area (Å²) in [6, 6.07) is 8.84. The SMILES string of the molecule is CN1CCN(C)C1=O.Oc1ccccc1. The van der Waals surface area contributed by atoms with Gasteiger partial charge in [0.1, 0.15) is 5.75 Å². The summed E-state index contributed by atoms with van der Waals surface area (Å²) >= 11 is 0. The predicted octanol–water partition coefficient (Wildman–Crippen LogP) is 1.38. The van der Waals surface area contributed by atoms with Crippen LogP contribution in [0.1, 0.15) is 0 Å². The summed E-state index contributed by atoms with van der Waals surface area (Å²) in [5.41, 5.74) is 0. The number of rotatable bonds is 0. The summed E-state index contributed by atoms with van der Waals surface area (Å²) in [4.78, 5) is 14.2. The summed E-state index contributed by atoms with van der Waals surface area (Å²) in [6.07, 6.45) is 0. The molecular formula is C11H16N2O2. The average molecular weight is 208 g/mol. The normalized spacial score (nSPS) is 14.9. The summed E-state index contributed by atoms with van der Waals surface area (Å²) in [5.74, 6) is 0.322. The zero-order valence-electron chi connectivity index (χ0n) is 9.05. The largest absolute Gasteiger partial charge is 0.508 e. The van der Waals surface area contributed by atoms with Crippen molar-refractivity contribution in [2.24, 2.45) is 0 Å². The summed E-state index contributed by atoms with van der Waals surface area (Å²) in [7, 11) is 3.62. The van der Waals surface area contributed by atoms with Crippen LogP contribution in [0, 0.1) is 0 Å². The van der Waals surface area contributed by atoms with Crippen molar-refractivity contribution in [1.82, 2.24) is 9.80 Å². The lowest BCUT2D eigenvalue weighted by molar-refractivity contribution is 0.205. The van der Waals surface area contributed by atoms with Crippen LogP contribution in [-0.4, -0.2) is 48.1 Å². The van der Waals surface area contributed by atoms with E-state index in [1.54, 1.807) is 34.1 Å². The maximum Gasteiger partial charge on any atom is 0.319 e. The number of para-hydroxylation sites is 1. The molecular weight excluding hydrogens is 192 g/mol. The first-order valence-electron chi connectivity index (χ1n) is 4.81.